The molecule has 222 valence electrons. The monoisotopic (exact) mass is 613 g/mol. The Morgan fingerprint density at radius 1 is 0.652 bits per heavy atom. The summed E-state index contributed by atoms with van der Waals surface area (Å²) in [5.41, 5.74) is 9.33. The van der Waals surface area contributed by atoms with E-state index in [-0.39, 0.29) is 5.41 Å². The Labute approximate surface area is 271 Å². The molecule has 0 unspecified atom stereocenters. The number of hydrogen-bond donors (Lipinski definition) is 0. The molecule has 4 heteroatoms. The lowest BCUT2D eigenvalue weighted by molar-refractivity contribution is 0.423. The molecule has 0 aliphatic carbocycles. The fraction of sp³-hybridized carbons (Fsp3) is 0.0952. The van der Waals surface area contributed by atoms with Crippen LogP contribution in [0.3, 0.4) is 0 Å². The number of thiophene rings is 1. The Morgan fingerprint density at radius 3 is 2.17 bits per heavy atom. The summed E-state index contributed by atoms with van der Waals surface area (Å²) in [6.07, 6.45) is 0. The van der Waals surface area contributed by atoms with Gasteiger partial charge >= 0.3 is 0 Å². The summed E-state index contributed by atoms with van der Waals surface area (Å²) in [5.74, 6) is 1.91. The molecule has 3 heterocycles. The zero-order chi connectivity index (χ0) is 31.2. The van der Waals surface area contributed by atoms with Crippen molar-refractivity contribution in [2.24, 2.45) is 0 Å². The summed E-state index contributed by atoms with van der Waals surface area (Å²) in [6.45, 7) is 11.0. The molecule has 0 spiro atoms. The lowest BCUT2D eigenvalue weighted by Gasteiger charge is -2.35. The number of anilines is 2. The minimum atomic E-state index is -0.189. The molecular weight excluding hydrogens is 583 g/mol. The van der Waals surface area contributed by atoms with E-state index >= 15 is 0 Å². The molecule has 46 heavy (non-hydrogen) atoms. The molecule has 9 rings (SSSR count). The lowest BCUT2D eigenvalue weighted by Crippen LogP contribution is -2.24. The fourth-order valence-electron chi connectivity index (χ4n) is 7.19. The van der Waals surface area contributed by atoms with Crippen LogP contribution < -0.4 is 9.64 Å². The summed E-state index contributed by atoms with van der Waals surface area (Å²) in [7, 11) is 0. The first kappa shape index (κ1) is 27.0. The van der Waals surface area contributed by atoms with Crippen molar-refractivity contribution in [1.29, 1.82) is 0 Å². The van der Waals surface area contributed by atoms with E-state index in [1.165, 1.54) is 31.3 Å². The number of fused-ring (bicyclic) bond motifs is 9. The highest BCUT2D eigenvalue weighted by Crippen LogP contribution is 2.53. The molecule has 6 aromatic carbocycles. The average molecular weight is 614 g/mol. The maximum absolute atomic E-state index is 6.84. The molecule has 0 amide bonds. The van der Waals surface area contributed by atoms with Crippen molar-refractivity contribution in [2.45, 2.75) is 26.2 Å². The van der Waals surface area contributed by atoms with Crippen LogP contribution in [0.15, 0.2) is 138 Å². The summed E-state index contributed by atoms with van der Waals surface area (Å²) in [5, 5.41) is 4.69. The van der Waals surface area contributed by atoms with Crippen LogP contribution in [0.5, 0.6) is 11.5 Å². The van der Waals surface area contributed by atoms with Gasteiger partial charge in [0.1, 0.15) is 22.7 Å². The van der Waals surface area contributed by atoms with Crippen molar-refractivity contribution in [2.75, 3.05) is 4.90 Å². The van der Waals surface area contributed by atoms with Crippen molar-refractivity contribution < 1.29 is 9.15 Å². The maximum Gasteiger partial charge on any atom is 0.140 e. The number of rotatable bonds is 4. The Hall–Kier alpha value is -5.32. The van der Waals surface area contributed by atoms with Crippen molar-refractivity contribution in [3.63, 3.8) is 0 Å². The normalized spacial score (nSPS) is 13.5. The number of allylic oxidation sites excluding steroid dienone is 1. The molecule has 0 fully saturated rings. The van der Waals surface area contributed by atoms with Crippen LogP contribution in [0.2, 0.25) is 0 Å². The molecular formula is C42H31NO2S. The second kappa shape index (κ2) is 9.84. The van der Waals surface area contributed by atoms with Crippen LogP contribution in [-0.4, -0.2) is 0 Å². The number of ether oxygens (including phenoxy) is 1. The van der Waals surface area contributed by atoms with E-state index in [2.05, 4.69) is 135 Å². The third kappa shape index (κ3) is 3.97. The predicted molar refractivity (Wildman–Crippen MR) is 194 cm³/mol. The largest absolute Gasteiger partial charge is 0.456 e. The second-order valence-electron chi connectivity index (χ2n) is 12.7. The first-order valence-electron chi connectivity index (χ1n) is 15.6. The third-order valence-electron chi connectivity index (χ3n) is 9.50. The number of furan rings is 1. The van der Waals surface area contributed by atoms with E-state index < -0.39 is 0 Å². The Balaban J connectivity index is 1.09. The Kier molecular flexibility index (Phi) is 5.78. The molecule has 1 aliphatic rings. The highest BCUT2D eigenvalue weighted by molar-refractivity contribution is 7.25. The summed E-state index contributed by atoms with van der Waals surface area (Å²) in [4.78, 5) is 2.19. The molecule has 0 atom stereocenters. The molecule has 0 N–H and O–H groups in total. The highest BCUT2D eigenvalue weighted by atomic mass is 32.1. The Morgan fingerprint density at radius 2 is 1.35 bits per heavy atom. The van der Waals surface area contributed by atoms with Gasteiger partial charge in [0.25, 0.3) is 0 Å². The lowest BCUT2D eigenvalue weighted by atomic mass is 9.75. The van der Waals surface area contributed by atoms with Gasteiger partial charge in [-0.1, -0.05) is 87.2 Å². The van der Waals surface area contributed by atoms with Crippen molar-refractivity contribution in [1.82, 2.24) is 0 Å². The first-order valence-corrected chi connectivity index (χ1v) is 16.4. The topological polar surface area (TPSA) is 25.6 Å². The van der Waals surface area contributed by atoms with Crippen LogP contribution in [0, 0.1) is 0 Å². The van der Waals surface area contributed by atoms with E-state index in [1.807, 2.05) is 30.4 Å². The Bertz CT molecular complexity index is 2510. The van der Waals surface area contributed by atoms with Crippen LogP contribution in [0.1, 0.15) is 31.9 Å². The number of benzene rings is 6. The van der Waals surface area contributed by atoms with Gasteiger partial charge < -0.3 is 14.1 Å². The first-order chi connectivity index (χ1) is 22.4. The third-order valence-corrected chi connectivity index (χ3v) is 10.6. The van der Waals surface area contributed by atoms with Gasteiger partial charge in [-0.3, -0.25) is 0 Å². The van der Waals surface area contributed by atoms with Gasteiger partial charge in [-0.05, 0) is 72.6 Å². The average Bonchev–Trinajstić information content (AvgIpc) is 3.63. The van der Waals surface area contributed by atoms with Gasteiger partial charge in [0.05, 0.1) is 0 Å². The molecule has 1 aliphatic heterocycles. The molecule has 0 saturated carbocycles. The molecule has 3 nitrogen and oxygen atoms in total. The van der Waals surface area contributed by atoms with Crippen LogP contribution in [0.25, 0.3) is 53.2 Å². The van der Waals surface area contributed by atoms with Gasteiger partial charge in [0.15, 0.2) is 0 Å². The van der Waals surface area contributed by atoms with Gasteiger partial charge in [-0.15, -0.1) is 11.3 Å². The van der Waals surface area contributed by atoms with Gasteiger partial charge in [0.2, 0.25) is 0 Å². The van der Waals surface area contributed by atoms with Gasteiger partial charge in [-0.25, -0.2) is 0 Å². The van der Waals surface area contributed by atoms with E-state index in [0.717, 1.165) is 61.6 Å². The van der Waals surface area contributed by atoms with Gasteiger partial charge in [-0.2, -0.15) is 0 Å². The van der Waals surface area contributed by atoms with E-state index in [9.17, 15) is 0 Å². The zero-order valence-corrected chi connectivity index (χ0v) is 26.7. The molecule has 2 aromatic heterocycles. The van der Waals surface area contributed by atoms with Crippen LogP contribution >= 0.6 is 11.3 Å². The zero-order valence-electron chi connectivity index (χ0n) is 25.9. The van der Waals surface area contributed by atoms with E-state index in [4.69, 9.17) is 9.15 Å². The van der Waals surface area contributed by atoms with Crippen molar-refractivity contribution in [3.05, 3.63) is 145 Å². The van der Waals surface area contributed by atoms with E-state index in [0.29, 0.717) is 0 Å². The van der Waals surface area contributed by atoms with Crippen LogP contribution in [0.4, 0.5) is 11.4 Å². The predicted octanol–water partition coefficient (Wildman–Crippen LogP) is 12.7. The summed E-state index contributed by atoms with van der Waals surface area (Å²) >= 11 is 1.83. The molecule has 0 saturated heterocycles. The molecule has 0 radical (unpaired) electrons. The summed E-state index contributed by atoms with van der Waals surface area (Å²) < 4.78 is 15.5. The minimum Gasteiger partial charge on any atom is -0.456 e. The number of hydrogen-bond acceptors (Lipinski definition) is 4. The van der Waals surface area contributed by atoms with Crippen LogP contribution in [-0.2, 0) is 5.41 Å². The van der Waals surface area contributed by atoms with Gasteiger partial charge in [0, 0.05) is 64.6 Å². The molecule has 8 aromatic rings. The highest BCUT2D eigenvalue weighted by Gasteiger charge is 2.36. The standard InChI is InChI=1S/C42H31NO2S/c1-25(2)43(29-18-21-36-32(24-29)30-9-5-7-11-35(30)44-36)28-16-13-26(14-17-28)27-15-19-33-37(23-27)45-41-34(42(33,3)4)20-22-39-40(41)31-10-6-8-12-38(31)46-39/h5-24H,1H2,2-4H3. The van der Waals surface area contributed by atoms with E-state index in [1.54, 1.807) is 0 Å². The number of nitrogens with zero attached hydrogens (tertiary/aromatic N) is 1. The smallest absolute Gasteiger partial charge is 0.140 e. The fourth-order valence-corrected chi connectivity index (χ4v) is 8.29. The number of para-hydroxylation sites is 1. The van der Waals surface area contributed by atoms with Crippen molar-refractivity contribution in [3.8, 4) is 22.6 Å². The summed E-state index contributed by atoms with van der Waals surface area (Å²) in [6, 6.07) is 43.0. The SMILES string of the molecule is C=C(C)N(c1ccc(-c2ccc3c(c2)Oc2c(ccc4sc5ccccc5c24)C3(C)C)cc1)c1ccc2oc3ccccc3c2c1. The quantitative estimate of drug-likeness (QED) is 0.197. The maximum atomic E-state index is 6.84. The minimum absolute atomic E-state index is 0.189. The molecule has 0 bridgehead atoms. The van der Waals surface area contributed by atoms with Crippen molar-refractivity contribution >= 4 is 64.8 Å². The second-order valence-corrected chi connectivity index (χ2v) is 13.8.